The summed E-state index contributed by atoms with van der Waals surface area (Å²) >= 11 is 0. The van der Waals surface area contributed by atoms with Crippen molar-refractivity contribution in [3.8, 4) is 0 Å². The van der Waals surface area contributed by atoms with E-state index in [9.17, 15) is 8.78 Å². The first-order chi connectivity index (χ1) is 8.92. The minimum atomic E-state index is -2.49. The molecule has 0 amide bonds. The fraction of sp³-hybridized carbons (Fsp3) is 0.700. The van der Waals surface area contributed by atoms with E-state index >= 15 is 0 Å². The number of aliphatic hydroxyl groups excluding tert-OH is 1. The molecule has 0 unspecified atom stereocenters. The van der Waals surface area contributed by atoms with Gasteiger partial charge in [-0.2, -0.15) is 15.0 Å². The molecule has 3 N–H and O–H groups in total. The molecule has 1 aromatic heterocycles. The molecule has 1 rings (SSSR count). The van der Waals surface area contributed by atoms with Crippen molar-refractivity contribution in [1.82, 2.24) is 19.9 Å². The van der Waals surface area contributed by atoms with Crippen molar-refractivity contribution in [2.75, 3.05) is 44.4 Å². The van der Waals surface area contributed by atoms with E-state index in [1.165, 1.54) is 4.90 Å². The fourth-order valence-corrected chi connectivity index (χ4v) is 1.47. The Morgan fingerprint density at radius 3 is 2.47 bits per heavy atom. The molecule has 1 aromatic rings. The lowest BCUT2D eigenvalue weighted by Gasteiger charge is -2.20. The Labute approximate surface area is 110 Å². The number of anilines is 2. The van der Waals surface area contributed by atoms with Crippen LogP contribution in [0.2, 0.25) is 0 Å². The molecule has 0 saturated heterocycles. The van der Waals surface area contributed by atoms with Crippen LogP contribution >= 0.6 is 0 Å². The van der Waals surface area contributed by atoms with Crippen LogP contribution in [0.4, 0.5) is 20.7 Å². The number of aromatic nitrogens is 3. The summed E-state index contributed by atoms with van der Waals surface area (Å²) in [5, 5.41) is 8.85. The predicted octanol–water partition coefficient (Wildman–Crippen LogP) is -0.421. The van der Waals surface area contributed by atoms with Gasteiger partial charge >= 0.3 is 0 Å². The second kappa shape index (κ2) is 7.10. The van der Waals surface area contributed by atoms with E-state index in [0.29, 0.717) is 11.8 Å². The summed E-state index contributed by atoms with van der Waals surface area (Å²) in [4.78, 5) is 14.9. The highest BCUT2D eigenvalue weighted by atomic mass is 19.3. The summed E-state index contributed by atoms with van der Waals surface area (Å²) in [5.41, 5.74) is 5.54. The Bertz CT molecular complexity index is 404. The number of rotatable bonds is 7. The van der Waals surface area contributed by atoms with Gasteiger partial charge in [0.25, 0.3) is 6.43 Å². The summed E-state index contributed by atoms with van der Waals surface area (Å²) in [7, 11) is 3.48. The topological polar surface area (TPSA) is 91.4 Å². The van der Waals surface area contributed by atoms with Crippen LogP contribution in [0.5, 0.6) is 0 Å². The molecule has 0 aliphatic heterocycles. The minimum absolute atomic E-state index is 0.0368. The third-order valence-electron chi connectivity index (χ3n) is 2.26. The lowest BCUT2D eigenvalue weighted by molar-refractivity contribution is 0.0734. The minimum Gasteiger partial charge on any atom is -0.395 e. The molecule has 1 heterocycles. The Kier molecular flexibility index (Phi) is 5.77. The largest absolute Gasteiger partial charge is 0.395 e. The summed E-state index contributed by atoms with van der Waals surface area (Å²) in [6.45, 7) is -0.469. The van der Waals surface area contributed by atoms with E-state index in [1.54, 1.807) is 19.0 Å². The first kappa shape index (κ1) is 15.4. The van der Waals surface area contributed by atoms with Crippen LogP contribution in [0.15, 0.2) is 0 Å². The monoisotopic (exact) mass is 276 g/mol. The van der Waals surface area contributed by atoms with Crippen LogP contribution in [0.3, 0.4) is 0 Å². The molecule has 0 aliphatic rings. The molecule has 0 bridgehead atoms. The number of hydrogen-bond acceptors (Lipinski definition) is 7. The van der Waals surface area contributed by atoms with E-state index in [1.807, 2.05) is 0 Å². The number of nitrogen functional groups attached to an aromatic ring is 1. The number of nitrogens with zero attached hydrogens (tertiary/aromatic N) is 5. The predicted molar refractivity (Wildman–Crippen MR) is 66.9 cm³/mol. The smallest absolute Gasteiger partial charge is 0.251 e. The normalized spacial score (nSPS) is 11.3. The van der Waals surface area contributed by atoms with Crippen molar-refractivity contribution in [3.05, 3.63) is 5.82 Å². The average molecular weight is 276 g/mol. The summed E-state index contributed by atoms with van der Waals surface area (Å²) in [6, 6.07) is 0. The second-order valence-corrected chi connectivity index (χ2v) is 4.15. The number of aliphatic hydroxyl groups is 1. The Morgan fingerprint density at radius 1 is 1.26 bits per heavy atom. The molecule has 0 fully saturated rings. The zero-order chi connectivity index (χ0) is 14.4. The van der Waals surface area contributed by atoms with Crippen LogP contribution in [0, 0.1) is 0 Å². The summed E-state index contributed by atoms with van der Waals surface area (Å²) in [6.07, 6.45) is -2.49. The van der Waals surface area contributed by atoms with Gasteiger partial charge in [0.2, 0.25) is 11.9 Å². The molecule has 0 spiro atoms. The van der Waals surface area contributed by atoms with E-state index in [4.69, 9.17) is 10.8 Å². The summed E-state index contributed by atoms with van der Waals surface area (Å²) < 4.78 is 24.8. The van der Waals surface area contributed by atoms with Gasteiger partial charge in [-0.25, -0.2) is 8.78 Å². The molecule has 19 heavy (non-hydrogen) atoms. The lowest BCUT2D eigenvalue weighted by atomic mass is 10.4. The number of alkyl halides is 2. The van der Waals surface area contributed by atoms with Gasteiger partial charge in [0, 0.05) is 20.6 Å². The molecule has 108 valence electrons. The van der Waals surface area contributed by atoms with Crippen LogP contribution in [-0.2, 0) is 6.54 Å². The highest BCUT2D eigenvalue weighted by Crippen LogP contribution is 2.09. The molecule has 0 saturated carbocycles. The number of nitrogens with two attached hydrogens (primary N) is 1. The highest BCUT2D eigenvalue weighted by molar-refractivity contribution is 5.32. The SMILES string of the molecule is CN(C)c1nc(N)nc(CN(CCO)CC(F)F)n1. The molecule has 7 nitrogen and oxygen atoms in total. The molecule has 0 aromatic carbocycles. The standard InChI is InChI=1S/C10H18F2N6O/c1-17(2)10-15-8(14-9(13)16-10)6-18(3-4-19)5-7(11)12/h7,19H,3-6H2,1-2H3,(H2,13,14,15,16). The van der Waals surface area contributed by atoms with Gasteiger partial charge in [-0.1, -0.05) is 0 Å². The molecule has 0 aliphatic carbocycles. The number of halogens is 2. The van der Waals surface area contributed by atoms with Crippen molar-refractivity contribution in [2.45, 2.75) is 13.0 Å². The first-order valence-corrected chi connectivity index (χ1v) is 5.71. The van der Waals surface area contributed by atoms with E-state index < -0.39 is 13.0 Å². The van der Waals surface area contributed by atoms with Gasteiger partial charge < -0.3 is 15.7 Å². The van der Waals surface area contributed by atoms with Crippen molar-refractivity contribution in [2.24, 2.45) is 0 Å². The van der Waals surface area contributed by atoms with E-state index in [2.05, 4.69) is 15.0 Å². The fourth-order valence-electron chi connectivity index (χ4n) is 1.47. The third kappa shape index (κ3) is 5.26. The molecular formula is C10H18F2N6O. The molecule has 0 atom stereocenters. The number of hydrogen-bond donors (Lipinski definition) is 2. The van der Waals surface area contributed by atoms with Crippen LogP contribution < -0.4 is 10.6 Å². The van der Waals surface area contributed by atoms with Crippen LogP contribution in [0.25, 0.3) is 0 Å². The summed E-state index contributed by atoms with van der Waals surface area (Å²) in [5.74, 6) is 0.698. The zero-order valence-corrected chi connectivity index (χ0v) is 10.9. The van der Waals surface area contributed by atoms with Gasteiger partial charge in [0.05, 0.1) is 19.7 Å². The average Bonchev–Trinajstić information content (AvgIpc) is 2.27. The second-order valence-electron chi connectivity index (χ2n) is 4.15. The Hall–Kier alpha value is -1.61. The van der Waals surface area contributed by atoms with Crippen molar-refractivity contribution < 1.29 is 13.9 Å². The van der Waals surface area contributed by atoms with E-state index in [-0.39, 0.29) is 25.6 Å². The van der Waals surface area contributed by atoms with Crippen molar-refractivity contribution >= 4 is 11.9 Å². The molecular weight excluding hydrogens is 258 g/mol. The van der Waals surface area contributed by atoms with E-state index in [0.717, 1.165) is 0 Å². The van der Waals surface area contributed by atoms with Crippen LogP contribution in [0.1, 0.15) is 5.82 Å². The van der Waals surface area contributed by atoms with Crippen molar-refractivity contribution in [3.63, 3.8) is 0 Å². The Morgan fingerprint density at radius 2 is 1.95 bits per heavy atom. The quantitative estimate of drug-likeness (QED) is 0.698. The van der Waals surface area contributed by atoms with Gasteiger partial charge in [-0.15, -0.1) is 0 Å². The van der Waals surface area contributed by atoms with Gasteiger partial charge in [0.15, 0.2) is 0 Å². The van der Waals surface area contributed by atoms with Crippen molar-refractivity contribution in [1.29, 1.82) is 0 Å². The molecule has 9 heteroatoms. The van der Waals surface area contributed by atoms with Gasteiger partial charge in [-0.05, 0) is 0 Å². The zero-order valence-electron chi connectivity index (χ0n) is 10.9. The third-order valence-corrected chi connectivity index (χ3v) is 2.26. The lowest BCUT2D eigenvalue weighted by Crippen LogP contribution is -2.32. The van der Waals surface area contributed by atoms with Crippen LogP contribution in [-0.4, -0.2) is 65.2 Å². The molecule has 0 radical (unpaired) electrons. The maximum Gasteiger partial charge on any atom is 0.251 e. The van der Waals surface area contributed by atoms with Gasteiger partial charge in [0.1, 0.15) is 5.82 Å². The highest BCUT2D eigenvalue weighted by Gasteiger charge is 2.15. The van der Waals surface area contributed by atoms with Gasteiger partial charge in [-0.3, -0.25) is 4.90 Å². The first-order valence-electron chi connectivity index (χ1n) is 5.71. The maximum absolute atomic E-state index is 12.4. The Balaban J connectivity index is 2.83. The maximum atomic E-state index is 12.4.